The number of sulfonamides is 1. The molecule has 1 aromatic rings. The van der Waals surface area contributed by atoms with Gasteiger partial charge in [-0.05, 0) is 19.1 Å². The van der Waals surface area contributed by atoms with E-state index in [1.807, 2.05) is 6.92 Å². The first-order valence-corrected chi connectivity index (χ1v) is 9.39. The van der Waals surface area contributed by atoms with E-state index in [4.69, 9.17) is 4.74 Å². The van der Waals surface area contributed by atoms with Gasteiger partial charge in [-0.25, -0.2) is 18.0 Å². The molecule has 0 aliphatic carbocycles. The van der Waals surface area contributed by atoms with Gasteiger partial charge in [0, 0.05) is 6.42 Å². The van der Waals surface area contributed by atoms with Gasteiger partial charge >= 0.3 is 11.9 Å². The Morgan fingerprint density at radius 2 is 1.69 bits per heavy atom. The number of ether oxygens (including phenoxy) is 3. The maximum atomic E-state index is 13.0. The van der Waals surface area contributed by atoms with Crippen molar-refractivity contribution in [2.75, 3.05) is 20.8 Å². The van der Waals surface area contributed by atoms with Crippen LogP contribution in [0.15, 0.2) is 40.5 Å². The van der Waals surface area contributed by atoms with Crippen LogP contribution in [0.25, 0.3) is 0 Å². The van der Waals surface area contributed by atoms with Crippen molar-refractivity contribution in [1.29, 1.82) is 0 Å². The molecular formula is C17H19NO7S. The SMILES string of the molecule is COC(=O)C(C(=O)OC)=C1O[C@H]2C[C@@H]1N(S(=O)(=O)c1ccc(C)cc1)C2. The molecule has 2 aliphatic heterocycles. The summed E-state index contributed by atoms with van der Waals surface area (Å²) in [5.41, 5.74) is 0.529. The molecule has 2 fully saturated rings. The lowest BCUT2D eigenvalue weighted by Crippen LogP contribution is -2.42. The fourth-order valence-corrected chi connectivity index (χ4v) is 4.81. The van der Waals surface area contributed by atoms with Crippen LogP contribution in [0.2, 0.25) is 0 Å². The average Bonchev–Trinajstić information content (AvgIpc) is 3.23. The fourth-order valence-electron chi connectivity index (χ4n) is 3.18. The van der Waals surface area contributed by atoms with Gasteiger partial charge in [0.25, 0.3) is 0 Å². The molecular weight excluding hydrogens is 362 g/mol. The van der Waals surface area contributed by atoms with Crippen LogP contribution >= 0.6 is 0 Å². The Labute approximate surface area is 151 Å². The van der Waals surface area contributed by atoms with Gasteiger partial charge < -0.3 is 14.2 Å². The highest BCUT2D eigenvalue weighted by atomic mass is 32.2. The molecule has 2 aliphatic rings. The van der Waals surface area contributed by atoms with Crippen molar-refractivity contribution in [2.24, 2.45) is 0 Å². The first-order valence-electron chi connectivity index (χ1n) is 7.95. The molecule has 0 radical (unpaired) electrons. The summed E-state index contributed by atoms with van der Waals surface area (Å²) in [6.07, 6.45) is -0.0719. The number of nitrogens with zero attached hydrogens (tertiary/aromatic N) is 1. The minimum absolute atomic E-state index is 0.0179. The first-order chi connectivity index (χ1) is 12.3. The predicted molar refractivity (Wildman–Crippen MR) is 89.4 cm³/mol. The molecule has 2 saturated heterocycles. The Bertz CT molecular complexity index is 855. The van der Waals surface area contributed by atoms with E-state index in [0.29, 0.717) is 6.42 Å². The van der Waals surface area contributed by atoms with E-state index in [2.05, 4.69) is 9.47 Å². The predicted octanol–water partition coefficient (Wildman–Crippen LogP) is 0.757. The van der Waals surface area contributed by atoms with Crippen molar-refractivity contribution in [3.63, 3.8) is 0 Å². The van der Waals surface area contributed by atoms with Gasteiger partial charge in [0.2, 0.25) is 10.0 Å². The summed E-state index contributed by atoms with van der Waals surface area (Å²) in [6.45, 7) is 2.02. The summed E-state index contributed by atoms with van der Waals surface area (Å²) in [5, 5.41) is 0. The fraction of sp³-hybridized carbons (Fsp3) is 0.412. The third-order valence-corrected chi connectivity index (χ3v) is 6.36. The number of rotatable bonds is 4. The molecule has 0 saturated carbocycles. The molecule has 0 spiro atoms. The van der Waals surface area contributed by atoms with Gasteiger partial charge in [-0.15, -0.1) is 0 Å². The first kappa shape index (κ1) is 18.4. The Balaban J connectivity index is 2.02. The van der Waals surface area contributed by atoms with Crippen molar-refractivity contribution < 1.29 is 32.2 Å². The highest BCUT2D eigenvalue weighted by Crippen LogP contribution is 2.40. The largest absolute Gasteiger partial charge is 0.490 e. The van der Waals surface area contributed by atoms with Crippen molar-refractivity contribution in [3.8, 4) is 0 Å². The molecule has 0 N–H and O–H groups in total. The zero-order valence-electron chi connectivity index (χ0n) is 14.6. The van der Waals surface area contributed by atoms with Crippen LogP contribution < -0.4 is 0 Å². The van der Waals surface area contributed by atoms with E-state index in [1.54, 1.807) is 12.1 Å². The smallest absolute Gasteiger partial charge is 0.348 e. The number of hydrogen-bond acceptors (Lipinski definition) is 7. The Morgan fingerprint density at radius 1 is 1.12 bits per heavy atom. The summed E-state index contributed by atoms with van der Waals surface area (Å²) < 4.78 is 42.1. The number of benzene rings is 1. The molecule has 0 unspecified atom stereocenters. The maximum absolute atomic E-state index is 13.0. The molecule has 2 heterocycles. The van der Waals surface area contributed by atoms with Crippen LogP contribution in [0, 0.1) is 6.92 Å². The summed E-state index contributed by atoms with van der Waals surface area (Å²) >= 11 is 0. The van der Waals surface area contributed by atoms with Crippen LogP contribution in [0.5, 0.6) is 0 Å². The molecule has 26 heavy (non-hydrogen) atoms. The Hall–Kier alpha value is -2.39. The summed E-state index contributed by atoms with van der Waals surface area (Å²) in [5.74, 6) is -1.87. The molecule has 2 bridgehead atoms. The van der Waals surface area contributed by atoms with Gasteiger partial charge in [-0.2, -0.15) is 4.31 Å². The van der Waals surface area contributed by atoms with Gasteiger partial charge in [-0.3, -0.25) is 0 Å². The number of carbonyl (C=O) groups excluding carboxylic acids is 2. The van der Waals surface area contributed by atoms with Gasteiger partial charge in [0.15, 0.2) is 5.57 Å². The maximum Gasteiger partial charge on any atom is 0.348 e. The van der Waals surface area contributed by atoms with E-state index in [1.165, 1.54) is 16.4 Å². The average molecular weight is 381 g/mol. The monoisotopic (exact) mass is 381 g/mol. The molecule has 3 rings (SSSR count). The van der Waals surface area contributed by atoms with Gasteiger partial charge in [-0.1, -0.05) is 17.7 Å². The zero-order valence-corrected chi connectivity index (χ0v) is 15.4. The summed E-state index contributed by atoms with van der Waals surface area (Å²) in [6, 6.07) is 5.73. The van der Waals surface area contributed by atoms with Crippen molar-refractivity contribution >= 4 is 22.0 Å². The second-order valence-electron chi connectivity index (χ2n) is 6.10. The lowest BCUT2D eigenvalue weighted by atomic mass is 10.1. The molecule has 140 valence electrons. The van der Waals surface area contributed by atoms with Crippen molar-refractivity contribution in [3.05, 3.63) is 41.2 Å². The molecule has 2 atom stereocenters. The van der Waals surface area contributed by atoms with Crippen LogP contribution in [0.3, 0.4) is 0 Å². The highest BCUT2D eigenvalue weighted by molar-refractivity contribution is 7.89. The lowest BCUT2D eigenvalue weighted by Gasteiger charge is -2.29. The second-order valence-corrected chi connectivity index (χ2v) is 7.99. The Kier molecular flexibility index (Phi) is 4.76. The molecule has 0 amide bonds. The number of aryl methyl sites for hydroxylation is 1. The third kappa shape index (κ3) is 2.97. The molecule has 0 aromatic heterocycles. The van der Waals surface area contributed by atoms with Crippen molar-refractivity contribution in [2.45, 2.75) is 30.4 Å². The lowest BCUT2D eigenvalue weighted by molar-refractivity contribution is -0.144. The number of methoxy groups -OCH3 is 2. The van der Waals surface area contributed by atoms with Gasteiger partial charge in [0.05, 0.1) is 31.7 Å². The standard InChI is InChI=1S/C17H19NO7S/c1-10-4-6-12(7-5-10)26(21,22)18-9-11-8-13(18)15(25-11)14(16(19)23-2)17(20)24-3/h4-7,11,13H,8-9H2,1-3H3/t11-,13-/m0/s1. The second kappa shape index (κ2) is 6.73. The van der Waals surface area contributed by atoms with Crippen molar-refractivity contribution in [1.82, 2.24) is 4.31 Å². The van der Waals surface area contributed by atoms with Gasteiger partial charge in [0.1, 0.15) is 11.9 Å². The van der Waals surface area contributed by atoms with E-state index in [-0.39, 0.29) is 17.2 Å². The summed E-state index contributed by atoms with van der Waals surface area (Å²) in [4.78, 5) is 24.2. The number of fused-ring (bicyclic) bond motifs is 2. The number of hydrogen-bond donors (Lipinski definition) is 0. The number of carbonyl (C=O) groups is 2. The molecule has 8 nitrogen and oxygen atoms in total. The van der Waals surface area contributed by atoms with Crippen LogP contribution in [-0.4, -0.2) is 57.6 Å². The van der Waals surface area contributed by atoms with Crippen LogP contribution in [0.4, 0.5) is 0 Å². The van der Waals surface area contributed by atoms with Crippen LogP contribution in [-0.2, 0) is 33.8 Å². The van der Waals surface area contributed by atoms with Crippen LogP contribution in [0.1, 0.15) is 12.0 Å². The van der Waals surface area contributed by atoms with E-state index in [9.17, 15) is 18.0 Å². The normalized spacial score (nSPS) is 22.0. The Morgan fingerprint density at radius 3 is 2.19 bits per heavy atom. The topological polar surface area (TPSA) is 99.2 Å². The molecule has 9 heteroatoms. The minimum atomic E-state index is -3.80. The quantitative estimate of drug-likeness (QED) is 0.328. The van der Waals surface area contributed by atoms with E-state index >= 15 is 0 Å². The highest BCUT2D eigenvalue weighted by Gasteiger charge is 2.52. The number of morpholine rings is 1. The van der Waals surface area contributed by atoms with E-state index < -0.39 is 39.7 Å². The third-order valence-electron chi connectivity index (χ3n) is 4.47. The molecule has 1 aromatic carbocycles. The summed E-state index contributed by atoms with van der Waals surface area (Å²) in [7, 11) is -1.55. The van der Waals surface area contributed by atoms with E-state index in [0.717, 1.165) is 19.8 Å². The zero-order chi connectivity index (χ0) is 19.1. The number of esters is 2. The minimum Gasteiger partial charge on any atom is -0.490 e.